The third-order valence-electron chi connectivity index (χ3n) is 2.16. The van der Waals surface area contributed by atoms with Gasteiger partial charge in [0.15, 0.2) is 0 Å². The van der Waals surface area contributed by atoms with E-state index in [4.69, 9.17) is 9.84 Å². The summed E-state index contributed by atoms with van der Waals surface area (Å²) in [5, 5.41) is 9.86. The molecule has 1 saturated heterocycles. The molecule has 0 aromatic carbocycles. The van der Waals surface area contributed by atoms with Crippen LogP contribution >= 0.6 is 27.3 Å². The molecule has 1 aliphatic heterocycles. The Morgan fingerprint density at radius 1 is 1.67 bits per heavy atom. The number of aliphatic hydroxyl groups excluding tert-OH is 1. The first-order chi connectivity index (χ1) is 7.20. The monoisotopic (exact) mass is 291 g/mol. The highest BCUT2D eigenvalue weighted by molar-refractivity contribution is 9.11. The number of anilines is 1. The summed E-state index contributed by atoms with van der Waals surface area (Å²) in [7, 11) is 0. The Labute approximate surface area is 99.6 Å². The summed E-state index contributed by atoms with van der Waals surface area (Å²) in [4.78, 5) is 13.2. The number of thiophene rings is 1. The van der Waals surface area contributed by atoms with Gasteiger partial charge in [0.2, 0.25) is 0 Å². The van der Waals surface area contributed by atoms with Crippen molar-refractivity contribution >= 4 is 38.2 Å². The quantitative estimate of drug-likeness (QED) is 0.892. The molecular weight excluding hydrogens is 282 g/mol. The van der Waals surface area contributed by atoms with Gasteiger partial charge in [-0.1, -0.05) is 0 Å². The summed E-state index contributed by atoms with van der Waals surface area (Å²) in [5.41, 5.74) is 0. The molecule has 82 valence electrons. The van der Waals surface area contributed by atoms with Crippen molar-refractivity contribution in [3.05, 3.63) is 15.9 Å². The molecule has 15 heavy (non-hydrogen) atoms. The minimum Gasteiger partial charge on any atom is -0.394 e. The molecule has 2 heterocycles. The van der Waals surface area contributed by atoms with E-state index in [1.165, 1.54) is 11.3 Å². The summed E-state index contributed by atoms with van der Waals surface area (Å²) in [6.07, 6.45) is -0.274. The van der Waals surface area contributed by atoms with Gasteiger partial charge in [-0.25, -0.2) is 0 Å². The highest BCUT2D eigenvalue weighted by Crippen LogP contribution is 2.31. The Morgan fingerprint density at radius 2 is 2.47 bits per heavy atom. The zero-order valence-electron chi connectivity index (χ0n) is 7.85. The fourth-order valence-electron chi connectivity index (χ4n) is 1.40. The maximum atomic E-state index is 11.6. The molecule has 1 aromatic rings. The molecule has 1 atom stereocenters. The van der Waals surface area contributed by atoms with E-state index in [0.717, 1.165) is 8.79 Å². The maximum Gasteiger partial charge on any atom is 0.253 e. The summed E-state index contributed by atoms with van der Waals surface area (Å²) >= 11 is 4.85. The lowest BCUT2D eigenvalue weighted by molar-refractivity contribution is -0.130. The molecule has 1 aliphatic rings. The summed E-state index contributed by atoms with van der Waals surface area (Å²) in [6, 6.07) is 3.78. The number of carbonyl (C=O) groups is 1. The van der Waals surface area contributed by atoms with Gasteiger partial charge in [-0.2, -0.15) is 0 Å². The molecule has 4 nitrogen and oxygen atoms in total. The molecule has 0 radical (unpaired) electrons. The molecule has 6 heteroatoms. The van der Waals surface area contributed by atoms with Crippen molar-refractivity contribution in [1.82, 2.24) is 0 Å². The summed E-state index contributed by atoms with van der Waals surface area (Å²) < 4.78 is 6.13. The molecule has 1 amide bonds. The van der Waals surface area contributed by atoms with E-state index in [1.54, 1.807) is 4.90 Å². The van der Waals surface area contributed by atoms with Crippen LogP contribution in [0, 0.1) is 0 Å². The average molecular weight is 292 g/mol. The second-order valence-electron chi connectivity index (χ2n) is 3.20. The number of morpholine rings is 1. The Bertz CT molecular complexity index is 368. The van der Waals surface area contributed by atoms with Gasteiger partial charge < -0.3 is 9.84 Å². The standard InChI is InChI=1S/C9H10BrNO3S/c10-7-1-2-9(15-7)11-3-6(4-12)14-5-8(11)13/h1-2,6,12H,3-5H2. The summed E-state index contributed by atoms with van der Waals surface area (Å²) in [5.74, 6) is -0.0611. The number of nitrogens with zero attached hydrogens (tertiary/aromatic N) is 1. The van der Waals surface area contributed by atoms with Gasteiger partial charge in [-0.15, -0.1) is 11.3 Å². The fraction of sp³-hybridized carbons (Fsp3) is 0.444. The van der Waals surface area contributed by atoms with Crippen molar-refractivity contribution in [2.24, 2.45) is 0 Å². The topological polar surface area (TPSA) is 49.8 Å². The SMILES string of the molecule is O=C1COC(CO)CN1c1ccc(Br)s1. The van der Waals surface area contributed by atoms with Crippen LogP contribution < -0.4 is 4.90 Å². The number of rotatable bonds is 2. The molecule has 0 saturated carbocycles. The molecule has 0 aliphatic carbocycles. The third-order valence-corrected chi connectivity index (χ3v) is 3.81. The van der Waals surface area contributed by atoms with E-state index >= 15 is 0 Å². The van der Waals surface area contributed by atoms with Crippen molar-refractivity contribution in [1.29, 1.82) is 0 Å². The van der Waals surface area contributed by atoms with E-state index in [1.807, 2.05) is 12.1 Å². The van der Waals surface area contributed by atoms with Gasteiger partial charge >= 0.3 is 0 Å². The molecule has 1 N–H and O–H groups in total. The lowest BCUT2D eigenvalue weighted by Gasteiger charge is -2.30. The minimum absolute atomic E-state index is 0.0424. The van der Waals surface area contributed by atoms with Crippen molar-refractivity contribution < 1.29 is 14.6 Å². The normalized spacial score (nSPS) is 22.1. The van der Waals surface area contributed by atoms with Crippen molar-refractivity contribution in [2.75, 3.05) is 24.7 Å². The smallest absolute Gasteiger partial charge is 0.253 e. The predicted octanol–water partition coefficient (Wildman–Crippen LogP) is 1.23. The molecule has 1 aromatic heterocycles. The first-order valence-corrected chi connectivity index (χ1v) is 6.10. The fourth-order valence-corrected chi connectivity index (χ4v) is 2.79. The van der Waals surface area contributed by atoms with E-state index in [9.17, 15) is 4.79 Å². The Morgan fingerprint density at radius 3 is 3.07 bits per heavy atom. The van der Waals surface area contributed by atoms with Crippen molar-refractivity contribution in [2.45, 2.75) is 6.10 Å². The Balaban J connectivity index is 2.15. The van der Waals surface area contributed by atoms with E-state index in [0.29, 0.717) is 6.54 Å². The molecule has 2 rings (SSSR count). The van der Waals surface area contributed by atoms with Crippen molar-refractivity contribution in [3.8, 4) is 0 Å². The highest BCUT2D eigenvalue weighted by Gasteiger charge is 2.27. The van der Waals surface area contributed by atoms with Gasteiger partial charge in [-0.3, -0.25) is 9.69 Å². The zero-order valence-corrected chi connectivity index (χ0v) is 10.3. The van der Waals surface area contributed by atoms with Crippen molar-refractivity contribution in [3.63, 3.8) is 0 Å². The van der Waals surface area contributed by atoms with Gasteiger partial charge in [0.25, 0.3) is 5.91 Å². The Kier molecular flexibility index (Phi) is 3.40. The van der Waals surface area contributed by atoms with Gasteiger partial charge in [0.05, 0.1) is 28.0 Å². The molecular formula is C9H10BrNO3S. The second kappa shape index (κ2) is 4.61. The van der Waals surface area contributed by atoms with Gasteiger partial charge in [0, 0.05) is 0 Å². The first-order valence-electron chi connectivity index (χ1n) is 4.49. The number of hydrogen-bond donors (Lipinski definition) is 1. The predicted molar refractivity (Wildman–Crippen MR) is 61.2 cm³/mol. The third kappa shape index (κ3) is 2.39. The van der Waals surface area contributed by atoms with Crippen LogP contribution in [0.5, 0.6) is 0 Å². The minimum atomic E-state index is -0.274. The summed E-state index contributed by atoms with van der Waals surface area (Å²) in [6.45, 7) is 0.402. The van der Waals surface area contributed by atoms with Crippen LogP contribution in [0.3, 0.4) is 0 Å². The van der Waals surface area contributed by atoms with Crippen LogP contribution in [0.25, 0.3) is 0 Å². The number of carbonyl (C=O) groups excluding carboxylic acids is 1. The molecule has 1 unspecified atom stereocenters. The van der Waals surface area contributed by atoms with Crippen LogP contribution in [0.1, 0.15) is 0 Å². The van der Waals surface area contributed by atoms with E-state index in [-0.39, 0.29) is 25.2 Å². The first kappa shape index (κ1) is 11.1. The molecule has 0 bridgehead atoms. The zero-order chi connectivity index (χ0) is 10.8. The number of halogens is 1. The maximum absolute atomic E-state index is 11.6. The van der Waals surface area contributed by atoms with Crippen LogP contribution in [0.4, 0.5) is 5.00 Å². The lowest BCUT2D eigenvalue weighted by Crippen LogP contribution is -2.47. The van der Waals surface area contributed by atoms with E-state index in [2.05, 4.69) is 15.9 Å². The number of hydrogen-bond acceptors (Lipinski definition) is 4. The lowest BCUT2D eigenvalue weighted by atomic mass is 10.3. The molecule has 0 spiro atoms. The van der Waals surface area contributed by atoms with Crippen LogP contribution in [-0.2, 0) is 9.53 Å². The number of aliphatic hydroxyl groups is 1. The van der Waals surface area contributed by atoms with E-state index < -0.39 is 0 Å². The van der Waals surface area contributed by atoms with Crippen LogP contribution in [0.15, 0.2) is 15.9 Å². The van der Waals surface area contributed by atoms with Gasteiger partial charge in [-0.05, 0) is 28.1 Å². The Hall–Kier alpha value is -0.430. The van der Waals surface area contributed by atoms with Crippen LogP contribution in [0.2, 0.25) is 0 Å². The number of amides is 1. The highest BCUT2D eigenvalue weighted by atomic mass is 79.9. The number of ether oxygens (including phenoxy) is 1. The molecule has 1 fully saturated rings. The largest absolute Gasteiger partial charge is 0.394 e. The van der Waals surface area contributed by atoms with Crippen LogP contribution in [-0.4, -0.2) is 36.9 Å². The second-order valence-corrected chi connectivity index (χ2v) is 5.64. The van der Waals surface area contributed by atoms with Gasteiger partial charge in [0.1, 0.15) is 6.61 Å². The average Bonchev–Trinajstić information content (AvgIpc) is 2.65.